The second-order valence-corrected chi connectivity index (χ2v) is 3.86. The molecule has 0 aromatic heterocycles. The minimum Gasteiger partial charge on any atom is -0.504 e. The summed E-state index contributed by atoms with van der Waals surface area (Å²) in [5.41, 5.74) is -0.796. The van der Waals surface area contributed by atoms with Crippen molar-refractivity contribution in [3.05, 3.63) is 23.3 Å². The second-order valence-electron chi connectivity index (χ2n) is 3.86. The van der Waals surface area contributed by atoms with Gasteiger partial charge in [0.05, 0.1) is 17.7 Å². The highest BCUT2D eigenvalue weighted by Crippen LogP contribution is 2.29. The Labute approximate surface area is 109 Å². The molecule has 0 aliphatic heterocycles. The van der Waals surface area contributed by atoms with E-state index in [4.69, 9.17) is 14.6 Å². The third-order valence-corrected chi connectivity index (χ3v) is 2.27. The first kappa shape index (κ1) is 14.8. The normalized spacial score (nSPS) is 11.9. The average molecular weight is 270 g/mol. The van der Waals surface area contributed by atoms with Crippen LogP contribution in [0.25, 0.3) is 0 Å². The van der Waals surface area contributed by atoms with E-state index < -0.39 is 35.1 Å². The van der Waals surface area contributed by atoms with Gasteiger partial charge >= 0.3 is 11.9 Å². The number of carboxylic acids is 1. The minimum absolute atomic E-state index is 0.151. The molecule has 0 aliphatic carbocycles. The van der Waals surface area contributed by atoms with E-state index in [0.29, 0.717) is 0 Å². The van der Waals surface area contributed by atoms with Crippen molar-refractivity contribution in [3.63, 3.8) is 0 Å². The van der Waals surface area contributed by atoms with Crippen LogP contribution in [-0.4, -0.2) is 47.1 Å². The first-order valence-corrected chi connectivity index (χ1v) is 5.36. The number of aromatic carboxylic acids is 1. The van der Waals surface area contributed by atoms with E-state index in [1.165, 1.54) is 7.11 Å². The Morgan fingerprint density at radius 2 is 1.74 bits per heavy atom. The minimum atomic E-state index is -1.42. The highest BCUT2D eigenvalue weighted by Gasteiger charge is 2.22. The molecule has 7 heteroatoms. The van der Waals surface area contributed by atoms with Crippen molar-refractivity contribution in [2.24, 2.45) is 0 Å². The zero-order chi connectivity index (χ0) is 14.6. The Morgan fingerprint density at radius 1 is 1.21 bits per heavy atom. The highest BCUT2D eigenvalue weighted by molar-refractivity contribution is 6.03. The molecular formula is C12H14O7. The van der Waals surface area contributed by atoms with Crippen molar-refractivity contribution in [2.45, 2.75) is 13.0 Å². The molecule has 0 amide bonds. The number of carbonyl (C=O) groups excluding carboxylic acids is 1. The molecule has 0 fully saturated rings. The van der Waals surface area contributed by atoms with Crippen molar-refractivity contribution in [1.29, 1.82) is 0 Å². The number of methoxy groups -OCH3 is 1. The molecule has 1 aromatic carbocycles. The summed E-state index contributed by atoms with van der Waals surface area (Å²) in [7, 11) is 1.43. The van der Waals surface area contributed by atoms with E-state index >= 15 is 0 Å². The van der Waals surface area contributed by atoms with Crippen LogP contribution < -0.4 is 0 Å². The highest BCUT2D eigenvalue weighted by atomic mass is 16.6. The van der Waals surface area contributed by atoms with Gasteiger partial charge in [-0.2, -0.15) is 0 Å². The SMILES string of the molecule is COCC(C)OC(=O)c1cc(O)c(O)cc1C(=O)O. The van der Waals surface area contributed by atoms with Crippen LogP contribution in [0.2, 0.25) is 0 Å². The molecule has 0 aliphatic rings. The second kappa shape index (κ2) is 6.05. The molecule has 3 N–H and O–H groups in total. The maximum Gasteiger partial charge on any atom is 0.339 e. The van der Waals surface area contributed by atoms with Gasteiger partial charge in [0.2, 0.25) is 0 Å². The smallest absolute Gasteiger partial charge is 0.339 e. The van der Waals surface area contributed by atoms with Gasteiger partial charge in [-0.05, 0) is 19.1 Å². The number of carboxylic acid groups (broad SMARTS) is 1. The molecule has 104 valence electrons. The van der Waals surface area contributed by atoms with Crippen LogP contribution >= 0.6 is 0 Å². The lowest BCUT2D eigenvalue weighted by Crippen LogP contribution is -2.21. The lowest BCUT2D eigenvalue weighted by atomic mass is 10.1. The number of benzene rings is 1. The van der Waals surface area contributed by atoms with Crippen molar-refractivity contribution in [2.75, 3.05) is 13.7 Å². The Balaban J connectivity index is 3.08. The van der Waals surface area contributed by atoms with Crippen LogP contribution in [0.15, 0.2) is 12.1 Å². The Hall–Kier alpha value is -2.28. The summed E-state index contributed by atoms with van der Waals surface area (Å²) in [6.45, 7) is 1.72. The Bertz CT molecular complexity index is 495. The average Bonchev–Trinajstić information content (AvgIpc) is 2.31. The van der Waals surface area contributed by atoms with E-state index in [2.05, 4.69) is 0 Å². The zero-order valence-electron chi connectivity index (χ0n) is 10.4. The van der Waals surface area contributed by atoms with Crippen LogP contribution in [0.4, 0.5) is 0 Å². The fraction of sp³-hybridized carbons (Fsp3) is 0.333. The predicted molar refractivity (Wildman–Crippen MR) is 63.5 cm³/mol. The molecule has 0 bridgehead atoms. The topological polar surface area (TPSA) is 113 Å². The van der Waals surface area contributed by atoms with Gasteiger partial charge in [0.15, 0.2) is 11.5 Å². The van der Waals surface area contributed by atoms with Gasteiger partial charge in [0, 0.05) is 7.11 Å². The lowest BCUT2D eigenvalue weighted by Gasteiger charge is -2.13. The summed E-state index contributed by atoms with van der Waals surface area (Å²) < 4.78 is 9.72. The molecule has 0 spiro atoms. The maximum absolute atomic E-state index is 11.8. The van der Waals surface area contributed by atoms with E-state index in [1.54, 1.807) is 6.92 Å². The van der Waals surface area contributed by atoms with Gasteiger partial charge in [-0.25, -0.2) is 9.59 Å². The van der Waals surface area contributed by atoms with E-state index in [1.807, 2.05) is 0 Å². The number of aromatic hydroxyl groups is 2. The van der Waals surface area contributed by atoms with Crippen LogP contribution in [0.3, 0.4) is 0 Å². The van der Waals surface area contributed by atoms with Gasteiger partial charge in [-0.15, -0.1) is 0 Å². The summed E-state index contributed by atoms with van der Waals surface area (Å²) in [5.74, 6) is -3.56. The van der Waals surface area contributed by atoms with E-state index in [0.717, 1.165) is 12.1 Å². The number of ether oxygens (including phenoxy) is 2. The number of hydrogen-bond acceptors (Lipinski definition) is 6. The fourth-order valence-corrected chi connectivity index (χ4v) is 1.44. The van der Waals surface area contributed by atoms with Crippen LogP contribution in [0.5, 0.6) is 11.5 Å². The monoisotopic (exact) mass is 270 g/mol. The number of phenolic OH excluding ortho intramolecular Hbond substituents is 2. The third-order valence-electron chi connectivity index (χ3n) is 2.27. The van der Waals surface area contributed by atoms with Crippen LogP contribution in [-0.2, 0) is 9.47 Å². The summed E-state index contributed by atoms with van der Waals surface area (Å²) in [5, 5.41) is 27.5. The zero-order valence-corrected chi connectivity index (χ0v) is 10.4. The van der Waals surface area contributed by atoms with Crippen molar-refractivity contribution in [3.8, 4) is 11.5 Å². The van der Waals surface area contributed by atoms with Crippen LogP contribution in [0, 0.1) is 0 Å². The number of rotatable bonds is 5. The van der Waals surface area contributed by atoms with Gasteiger partial charge < -0.3 is 24.8 Å². The molecule has 1 unspecified atom stereocenters. The van der Waals surface area contributed by atoms with Gasteiger partial charge in [-0.1, -0.05) is 0 Å². The molecule has 1 atom stereocenters. The van der Waals surface area contributed by atoms with Gasteiger partial charge in [0.1, 0.15) is 6.10 Å². The van der Waals surface area contributed by atoms with E-state index in [-0.39, 0.29) is 12.2 Å². The Kier molecular flexibility index (Phi) is 4.71. The molecule has 19 heavy (non-hydrogen) atoms. The van der Waals surface area contributed by atoms with Crippen molar-refractivity contribution >= 4 is 11.9 Å². The third kappa shape index (κ3) is 3.59. The summed E-state index contributed by atoms with van der Waals surface area (Å²) in [6.07, 6.45) is -0.574. The number of carbonyl (C=O) groups is 2. The molecule has 7 nitrogen and oxygen atoms in total. The maximum atomic E-state index is 11.8. The standard InChI is InChI=1S/C12H14O7/c1-6(5-18-2)19-12(17)8-4-10(14)9(13)3-7(8)11(15)16/h3-4,6,13-14H,5H2,1-2H3,(H,15,16). The molecular weight excluding hydrogens is 256 g/mol. The summed E-state index contributed by atoms with van der Waals surface area (Å²) in [6, 6.07) is 1.63. The van der Waals surface area contributed by atoms with Crippen molar-refractivity contribution < 1.29 is 34.4 Å². The number of hydrogen-bond donors (Lipinski definition) is 3. The molecule has 1 rings (SSSR count). The van der Waals surface area contributed by atoms with Gasteiger partial charge in [0.25, 0.3) is 0 Å². The quantitative estimate of drug-likeness (QED) is 0.540. The lowest BCUT2D eigenvalue weighted by molar-refractivity contribution is 0.0116. The molecule has 0 radical (unpaired) electrons. The fourth-order valence-electron chi connectivity index (χ4n) is 1.44. The molecule has 1 aromatic rings. The predicted octanol–water partition coefficient (Wildman–Crippen LogP) is 0.988. The summed E-state index contributed by atoms with van der Waals surface area (Å²) >= 11 is 0. The first-order chi connectivity index (χ1) is 8.86. The van der Waals surface area contributed by atoms with Gasteiger partial charge in [-0.3, -0.25) is 0 Å². The number of esters is 1. The first-order valence-electron chi connectivity index (χ1n) is 5.36. The molecule has 0 heterocycles. The van der Waals surface area contributed by atoms with E-state index in [9.17, 15) is 19.8 Å². The molecule has 0 saturated carbocycles. The molecule has 0 saturated heterocycles. The van der Waals surface area contributed by atoms with Crippen molar-refractivity contribution in [1.82, 2.24) is 0 Å². The Morgan fingerprint density at radius 3 is 2.21 bits per heavy atom. The van der Waals surface area contributed by atoms with Crippen LogP contribution in [0.1, 0.15) is 27.6 Å². The summed E-state index contributed by atoms with van der Waals surface area (Å²) in [4.78, 5) is 22.8. The number of phenols is 2. The largest absolute Gasteiger partial charge is 0.504 e.